The van der Waals surface area contributed by atoms with Crippen molar-refractivity contribution in [2.45, 2.75) is 51.7 Å². The van der Waals surface area contributed by atoms with Crippen LogP contribution in [-0.4, -0.2) is 23.2 Å². The van der Waals surface area contributed by atoms with Gasteiger partial charge in [-0.1, -0.05) is 19.4 Å². The van der Waals surface area contributed by atoms with E-state index < -0.39 is 0 Å². The minimum atomic E-state index is -0.322. The lowest BCUT2D eigenvalue weighted by Crippen LogP contribution is -2.35. The van der Waals surface area contributed by atoms with Crippen LogP contribution in [0.1, 0.15) is 39.5 Å². The van der Waals surface area contributed by atoms with Crippen molar-refractivity contribution < 1.29 is 9.90 Å². The predicted molar refractivity (Wildman–Crippen MR) is 58.0 cm³/mol. The molecule has 0 saturated heterocycles. The third-order valence-corrected chi connectivity index (χ3v) is 2.04. The lowest BCUT2D eigenvalue weighted by molar-refractivity contribution is -0.119. The second-order valence-corrected chi connectivity index (χ2v) is 3.60. The molecule has 2 atom stereocenters. The quantitative estimate of drug-likeness (QED) is 0.612. The third-order valence-electron chi connectivity index (χ3n) is 2.04. The van der Waals surface area contributed by atoms with E-state index in [0.29, 0.717) is 12.8 Å². The summed E-state index contributed by atoms with van der Waals surface area (Å²) in [6, 6.07) is 0.0200. The lowest BCUT2D eigenvalue weighted by Gasteiger charge is -2.19. The summed E-state index contributed by atoms with van der Waals surface area (Å²) >= 11 is 0. The first-order valence-electron chi connectivity index (χ1n) is 5.16. The van der Waals surface area contributed by atoms with E-state index in [1.165, 1.54) is 6.92 Å². The first-order chi connectivity index (χ1) is 6.60. The number of carbonyl (C=O) groups excluding carboxylic acids is 1. The molecule has 3 heteroatoms. The molecule has 0 spiro atoms. The Labute approximate surface area is 86.2 Å². The molecule has 0 aliphatic carbocycles. The van der Waals surface area contributed by atoms with E-state index in [9.17, 15) is 9.90 Å². The number of rotatable bonds is 7. The van der Waals surface area contributed by atoms with Crippen LogP contribution in [-0.2, 0) is 4.79 Å². The fourth-order valence-corrected chi connectivity index (χ4v) is 1.48. The third kappa shape index (κ3) is 6.66. The molecule has 0 unspecified atom stereocenters. The fraction of sp³-hybridized carbons (Fsp3) is 0.727. The van der Waals surface area contributed by atoms with E-state index in [1.54, 1.807) is 6.08 Å². The normalized spacial score (nSPS) is 14.5. The molecule has 0 rings (SSSR count). The molecular formula is C11H21NO2. The van der Waals surface area contributed by atoms with Crippen molar-refractivity contribution in [2.75, 3.05) is 0 Å². The largest absolute Gasteiger partial charge is 0.393 e. The number of amides is 1. The molecule has 2 N–H and O–H groups in total. The Morgan fingerprint density at radius 3 is 2.71 bits per heavy atom. The Balaban J connectivity index is 3.93. The highest BCUT2D eigenvalue weighted by Gasteiger charge is 2.13. The SMILES string of the molecule is C=CC[C@H](C[C@H](O)CCC)NC(C)=O. The Kier molecular flexibility index (Phi) is 7.11. The summed E-state index contributed by atoms with van der Waals surface area (Å²) in [5.41, 5.74) is 0. The maximum absolute atomic E-state index is 10.8. The highest BCUT2D eigenvalue weighted by molar-refractivity contribution is 5.73. The van der Waals surface area contributed by atoms with Gasteiger partial charge in [0.05, 0.1) is 6.10 Å². The van der Waals surface area contributed by atoms with E-state index >= 15 is 0 Å². The van der Waals surface area contributed by atoms with Gasteiger partial charge < -0.3 is 10.4 Å². The molecule has 82 valence electrons. The molecule has 14 heavy (non-hydrogen) atoms. The van der Waals surface area contributed by atoms with E-state index in [-0.39, 0.29) is 18.1 Å². The van der Waals surface area contributed by atoms with Gasteiger partial charge in [-0.3, -0.25) is 4.79 Å². The number of carbonyl (C=O) groups is 1. The summed E-state index contributed by atoms with van der Waals surface area (Å²) in [7, 11) is 0. The molecule has 0 fully saturated rings. The molecule has 0 aliphatic rings. The van der Waals surface area contributed by atoms with Gasteiger partial charge in [0.15, 0.2) is 0 Å². The van der Waals surface area contributed by atoms with Crippen molar-refractivity contribution >= 4 is 5.91 Å². The second-order valence-electron chi connectivity index (χ2n) is 3.60. The number of nitrogens with one attached hydrogen (secondary N) is 1. The maximum Gasteiger partial charge on any atom is 0.217 e. The zero-order valence-electron chi connectivity index (χ0n) is 9.12. The van der Waals surface area contributed by atoms with Gasteiger partial charge in [-0.05, 0) is 19.3 Å². The smallest absolute Gasteiger partial charge is 0.217 e. The zero-order chi connectivity index (χ0) is 11.0. The molecule has 0 radical (unpaired) electrons. The van der Waals surface area contributed by atoms with Crippen molar-refractivity contribution in [2.24, 2.45) is 0 Å². The van der Waals surface area contributed by atoms with Crippen molar-refractivity contribution in [3.63, 3.8) is 0 Å². The zero-order valence-corrected chi connectivity index (χ0v) is 9.12. The van der Waals surface area contributed by atoms with Crippen molar-refractivity contribution in [1.82, 2.24) is 5.32 Å². The Morgan fingerprint density at radius 1 is 1.64 bits per heavy atom. The van der Waals surface area contributed by atoms with Gasteiger partial charge in [-0.2, -0.15) is 0 Å². The first-order valence-corrected chi connectivity index (χ1v) is 5.16. The monoisotopic (exact) mass is 199 g/mol. The molecule has 0 aromatic rings. The van der Waals surface area contributed by atoms with Gasteiger partial charge in [-0.25, -0.2) is 0 Å². The number of hydrogen-bond donors (Lipinski definition) is 2. The summed E-state index contributed by atoms with van der Waals surface area (Å²) < 4.78 is 0. The Hall–Kier alpha value is -0.830. The van der Waals surface area contributed by atoms with Crippen molar-refractivity contribution in [3.05, 3.63) is 12.7 Å². The predicted octanol–water partition coefficient (Wildman–Crippen LogP) is 1.62. The second kappa shape index (κ2) is 7.56. The highest BCUT2D eigenvalue weighted by atomic mass is 16.3. The lowest BCUT2D eigenvalue weighted by atomic mass is 10.0. The summed E-state index contributed by atoms with van der Waals surface area (Å²) in [4.78, 5) is 10.8. The van der Waals surface area contributed by atoms with Crippen molar-refractivity contribution in [3.8, 4) is 0 Å². The average molecular weight is 199 g/mol. The summed E-state index contributed by atoms with van der Waals surface area (Å²) in [6.07, 6.45) is 4.51. The Morgan fingerprint density at radius 2 is 2.29 bits per heavy atom. The first kappa shape index (κ1) is 13.2. The summed E-state index contributed by atoms with van der Waals surface area (Å²) in [5, 5.41) is 12.4. The molecule has 1 amide bonds. The maximum atomic E-state index is 10.8. The topological polar surface area (TPSA) is 49.3 Å². The van der Waals surface area contributed by atoms with Crippen LogP contribution in [0.4, 0.5) is 0 Å². The molecule has 0 saturated carbocycles. The number of aliphatic hydroxyl groups excluding tert-OH is 1. The van der Waals surface area contributed by atoms with Crippen LogP contribution in [0.2, 0.25) is 0 Å². The summed E-state index contributed by atoms with van der Waals surface area (Å²) in [5.74, 6) is -0.0550. The molecule has 0 aromatic carbocycles. The van der Waals surface area contributed by atoms with Crippen molar-refractivity contribution in [1.29, 1.82) is 0 Å². The average Bonchev–Trinajstić information content (AvgIpc) is 2.03. The van der Waals surface area contributed by atoms with Gasteiger partial charge in [-0.15, -0.1) is 6.58 Å². The molecule has 0 heterocycles. The number of aliphatic hydroxyl groups is 1. The molecular weight excluding hydrogens is 178 g/mol. The molecule has 3 nitrogen and oxygen atoms in total. The molecule has 0 aromatic heterocycles. The van der Waals surface area contributed by atoms with Gasteiger partial charge in [0.2, 0.25) is 5.91 Å². The van der Waals surface area contributed by atoms with Crippen LogP contribution in [0.25, 0.3) is 0 Å². The summed E-state index contributed by atoms with van der Waals surface area (Å²) in [6.45, 7) is 7.15. The van der Waals surface area contributed by atoms with E-state index in [0.717, 1.165) is 12.8 Å². The minimum absolute atomic E-state index is 0.0200. The molecule has 0 aliphatic heterocycles. The van der Waals surface area contributed by atoms with E-state index in [4.69, 9.17) is 0 Å². The van der Waals surface area contributed by atoms with Crippen LogP contribution in [0.5, 0.6) is 0 Å². The minimum Gasteiger partial charge on any atom is -0.393 e. The van der Waals surface area contributed by atoms with Gasteiger partial charge >= 0.3 is 0 Å². The van der Waals surface area contributed by atoms with Gasteiger partial charge in [0, 0.05) is 13.0 Å². The van der Waals surface area contributed by atoms with Crippen LogP contribution in [0.3, 0.4) is 0 Å². The van der Waals surface area contributed by atoms with Crippen LogP contribution < -0.4 is 5.32 Å². The van der Waals surface area contributed by atoms with E-state index in [2.05, 4.69) is 11.9 Å². The van der Waals surface area contributed by atoms with E-state index in [1.807, 2.05) is 6.92 Å². The van der Waals surface area contributed by atoms with Gasteiger partial charge in [0.1, 0.15) is 0 Å². The van der Waals surface area contributed by atoms with Gasteiger partial charge in [0.25, 0.3) is 0 Å². The van der Waals surface area contributed by atoms with Crippen LogP contribution in [0.15, 0.2) is 12.7 Å². The Bertz CT molecular complexity index is 180. The standard InChI is InChI=1S/C11H21NO2/c1-4-6-10(12-9(3)13)8-11(14)7-5-2/h4,10-11,14H,1,5-8H2,2-3H3,(H,12,13)/t10-,11-/m1/s1. The van der Waals surface area contributed by atoms with Crippen LogP contribution in [0, 0.1) is 0 Å². The fourth-order valence-electron chi connectivity index (χ4n) is 1.48. The highest BCUT2D eigenvalue weighted by Crippen LogP contribution is 2.08. The molecule has 0 bridgehead atoms. The number of hydrogen-bond acceptors (Lipinski definition) is 2. The van der Waals surface area contributed by atoms with Crippen LogP contribution >= 0.6 is 0 Å².